The summed E-state index contributed by atoms with van der Waals surface area (Å²) in [6, 6.07) is 8.84. The molecule has 2 amide bonds. The number of benzene rings is 2. The molecule has 0 radical (unpaired) electrons. The number of carbonyl (C=O) groups is 2. The number of H-pyrrole nitrogens is 1. The highest BCUT2D eigenvalue weighted by atomic mass is 32.2. The minimum absolute atomic E-state index is 0.315. The highest BCUT2D eigenvalue weighted by Crippen LogP contribution is 2.23. The van der Waals surface area contributed by atoms with Crippen molar-refractivity contribution in [3.63, 3.8) is 0 Å². The van der Waals surface area contributed by atoms with Crippen LogP contribution in [0.3, 0.4) is 0 Å². The lowest BCUT2D eigenvalue weighted by atomic mass is 10.1. The van der Waals surface area contributed by atoms with Crippen LogP contribution in [0.25, 0.3) is 11.1 Å². The fraction of sp³-hybridized carbons (Fsp3) is 0.286. The van der Waals surface area contributed by atoms with E-state index in [1.54, 1.807) is 48.2 Å². The van der Waals surface area contributed by atoms with E-state index in [0.29, 0.717) is 46.0 Å². The molecule has 1 atom stereocenters. The summed E-state index contributed by atoms with van der Waals surface area (Å²) in [4.78, 5) is 39.6. The van der Waals surface area contributed by atoms with Gasteiger partial charge in [0.2, 0.25) is 5.91 Å². The van der Waals surface area contributed by atoms with Crippen LogP contribution in [0.2, 0.25) is 0 Å². The summed E-state index contributed by atoms with van der Waals surface area (Å²) in [7, 11) is 2.99. The fourth-order valence-electron chi connectivity index (χ4n) is 2.94. The zero-order chi connectivity index (χ0) is 22.4. The van der Waals surface area contributed by atoms with Crippen LogP contribution in [-0.4, -0.2) is 49.1 Å². The maximum atomic E-state index is 12.9. The molecule has 3 N–H and O–H groups in total. The summed E-state index contributed by atoms with van der Waals surface area (Å²) in [5.41, 5.74) is 1.65. The molecule has 0 saturated carbocycles. The van der Waals surface area contributed by atoms with Gasteiger partial charge in [0.25, 0.3) is 5.91 Å². The Bertz CT molecular complexity index is 1120. The third-order valence-electron chi connectivity index (χ3n) is 4.53. The van der Waals surface area contributed by atoms with E-state index >= 15 is 0 Å². The Labute approximate surface area is 182 Å². The van der Waals surface area contributed by atoms with Gasteiger partial charge >= 0.3 is 5.76 Å². The van der Waals surface area contributed by atoms with Crippen LogP contribution in [0, 0.1) is 0 Å². The topological polar surface area (TPSA) is 123 Å². The van der Waals surface area contributed by atoms with Crippen LogP contribution in [-0.2, 0) is 4.79 Å². The summed E-state index contributed by atoms with van der Waals surface area (Å²) < 4.78 is 15.4. The largest absolute Gasteiger partial charge is 0.497 e. The van der Waals surface area contributed by atoms with Crippen LogP contribution in [0.1, 0.15) is 16.8 Å². The molecule has 1 aromatic heterocycles. The molecular weight excluding hydrogens is 422 g/mol. The zero-order valence-corrected chi connectivity index (χ0v) is 18.1. The summed E-state index contributed by atoms with van der Waals surface area (Å²) in [6.45, 7) is 0. The average Bonchev–Trinajstić information content (AvgIpc) is 3.15. The van der Waals surface area contributed by atoms with Crippen molar-refractivity contribution in [1.82, 2.24) is 10.3 Å². The van der Waals surface area contributed by atoms with E-state index in [1.165, 1.54) is 14.2 Å². The van der Waals surface area contributed by atoms with Gasteiger partial charge in [-0.25, -0.2) is 4.79 Å². The Hall–Kier alpha value is -3.40. The van der Waals surface area contributed by atoms with Gasteiger partial charge in [-0.3, -0.25) is 14.6 Å². The SMILES string of the molecule is COc1cc(OC)cc(C(=O)N[C@H](CCSC)C(=O)Nc2ccc3oc(=O)[nH]c3c2)c1. The van der Waals surface area contributed by atoms with Gasteiger partial charge in [-0.05, 0) is 48.8 Å². The molecule has 31 heavy (non-hydrogen) atoms. The zero-order valence-electron chi connectivity index (χ0n) is 17.3. The number of thioether (sulfide) groups is 1. The average molecular weight is 445 g/mol. The predicted octanol–water partition coefficient (Wildman–Crippen LogP) is 2.63. The van der Waals surface area contributed by atoms with Gasteiger partial charge in [-0.1, -0.05) is 0 Å². The molecule has 164 valence electrons. The number of fused-ring (bicyclic) bond motifs is 1. The molecular formula is C21H23N3O6S. The van der Waals surface area contributed by atoms with E-state index in [-0.39, 0.29) is 5.91 Å². The molecule has 0 aliphatic carbocycles. The van der Waals surface area contributed by atoms with Crippen molar-refractivity contribution >= 4 is 40.4 Å². The minimum atomic E-state index is -0.767. The number of methoxy groups -OCH3 is 2. The summed E-state index contributed by atoms with van der Waals surface area (Å²) in [5.74, 6) is 0.246. The Morgan fingerprint density at radius 2 is 1.84 bits per heavy atom. The number of hydrogen-bond acceptors (Lipinski definition) is 7. The van der Waals surface area contributed by atoms with Gasteiger partial charge in [0, 0.05) is 17.3 Å². The van der Waals surface area contributed by atoms with Crippen LogP contribution in [0.5, 0.6) is 11.5 Å². The fourth-order valence-corrected chi connectivity index (χ4v) is 3.42. The van der Waals surface area contributed by atoms with E-state index in [4.69, 9.17) is 13.9 Å². The van der Waals surface area contributed by atoms with Crippen molar-refractivity contribution in [2.45, 2.75) is 12.5 Å². The second-order valence-corrected chi connectivity index (χ2v) is 7.61. The normalized spacial score (nSPS) is 11.7. The molecule has 0 fully saturated rings. The predicted molar refractivity (Wildman–Crippen MR) is 119 cm³/mol. The van der Waals surface area contributed by atoms with Crippen LogP contribution < -0.4 is 25.9 Å². The molecule has 1 heterocycles. The number of carbonyl (C=O) groups excluding carboxylic acids is 2. The van der Waals surface area contributed by atoms with Crippen molar-refractivity contribution in [3.8, 4) is 11.5 Å². The summed E-state index contributed by atoms with van der Waals surface area (Å²) in [6.07, 6.45) is 2.36. The van der Waals surface area contributed by atoms with Gasteiger partial charge in [0.1, 0.15) is 17.5 Å². The molecule has 0 aliphatic rings. The minimum Gasteiger partial charge on any atom is -0.497 e. The first kappa shape index (κ1) is 22.3. The number of amides is 2. The summed E-state index contributed by atoms with van der Waals surface area (Å²) in [5, 5.41) is 5.56. The van der Waals surface area contributed by atoms with Gasteiger partial charge in [0.15, 0.2) is 5.58 Å². The maximum absolute atomic E-state index is 12.9. The molecule has 3 aromatic rings. The number of anilines is 1. The maximum Gasteiger partial charge on any atom is 0.417 e. The lowest BCUT2D eigenvalue weighted by Crippen LogP contribution is -2.44. The van der Waals surface area contributed by atoms with E-state index in [9.17, 15) is 14.4 Å². The number of aromatic nitrogens is 1. The number of hydrogen-bond donors (Lipinski definition) is 3. The molecule has 3 rings (SSSR count). The number of rotatable bonds is 9. The molecule has 0 aliphatic heterocycles. The van der Waals surface area contributed by atoms with Crippen molar-refractivity contribution in [1.29, 1.82) is 0 Å². The quantitative estimate of drug-likeness (QED) is 0.463. The van der Waals surface area contributed by atoms with E-state index in [0.717, 1.165) is 0 Å². The lowest BCUT2D eigenvalue weighted by Gasteiger charge is -2.19. The first-order chi connectivity index (χ1) is 14.9. The number of aromatic amines is 1. The van der Waals surface area contributed by atoms with Crippen molar-refractivity contribution in [3.05, 3.63) is 52.5 Å². The van der Waals surface area contributed by atoms with Crippen molar-refractivity contribution in [2.24, 2.45) is 0 Å². The van der Waals surface area contributed by atoms with Gasteiger partial charge in [-0.2, -0.15) is 11.8 Å². The summed E-state index contributed by atoms with van der Waals surface area (Å²) >= 11 is 1.57. The third kappa shape index (κ3) is 5.60. The van der Waals surface area contributed by atoms with Crippen LogP contribution in [0.15, 0.2) is 45.6 Å². The van der Waals surface area contributed by atoms with E-state index in [2.05, 4.69) is 15.6 Å². The molecule has 0 unspecified atom stereocenters. The Kier molecular flexibility index (Phi) is 7.24. The number of oxazole rings is 1. The Balaban J connectivity index is 1.77. The molecule has 0 saturated heterocycles. The van der Waals surface area contributed by atoms with Gasteiger partial charge in [-0.15, -0.1) is 0 Å². The molecule has 0 spiro atoms. The van der Waals surface area contributed by atoms with Crippen molar-refractivity contribution in [2.75, 3.05) is 31.5 Å². The highest BCUT2D eigenvalue weighted by Gasteiger charge is 2.22. The number of ether oxygens (including phenoxy) is 2. The Morgan fingerprint density at radius 1 is 1.13 bits per heavy atom. The van der Waals surface area contributed by atoms with Gasteiger partial charge < -0.3 is 24.5 Å². The second-order valence-electron chi connectivity index (χ2n) is 6.62. The molecule has 2 aromatic carbocycles. The second kappa shape index (κ2) is 10.1. The standard InChI is InChI=1S/C21H23N3O6S/c1-28-14-8-12(9-15(11-14)29-2)19(25)23-16(6-7-31-3)20(26)22-13-4-5-18-17(10-13)24-21(27)30-18/h4-5,8-11,16H,6-7H2,1-3H3,(H,22,26)(H,23,25)(H,24,27)/t16-/m1/s1. The van der Waals surface area contributed by atoms with E-state index < -0.39 is 17.7 Å². The van der Waals surface area contributed by atoms with Crippen LogP contribution >= 0.6 is 11.8 Å². The van der Waals surface area contributed by atoms with Gasteiger partial charge in [0.05, 0.1) is 19.7 Å². The van der Waals surface area contributed by atoms with E-state index in [1.807, 2.05) is 6.26 Å². The molecule has 0 bridgehead atoms. The number of nitrogens with one attached hydrogen (secondary N) is 3. The van der Waals surface area contributed by atoms with Crippen molar-refractivity contribution < 1.29 is 23.5 Å². The first-order valence-electron chi connectivity index (χ1n) is 9.40. The molecule has 10 heteroatoms. The Morgan fingerprint density at radius 3 is 2.48 bits per heavy atom. The lowest BCUT2D eigenvalue weighted by molar-refractivity contribution is -0.118. The first-order valence-corrected chi connectivity index (χ1v) is 10.8. The van der Waals surface area contributed by atoms with Crippen LogP contribution in [0.4, 0.5) is 5.69 Å². The monoisotopic (exact) mass is 445 g/mol. The highest BCUT2D eigenvalue weighted by molar-refractivity contribution is 7.98. The molecule has 9 nitrogen and oxygen atoms in total. The third-order valence-corrected chi connectivity index (χ3v) is 5.18. The smallest absolute Gasteiger partial charge is 0.417 e.